The zero-order chi connectivity index (χ0) is 13.3. The lowest BCUT2D eigenvalue weighted by Gasteiger charge is -2.38. The second kappa shape index (κ2) is 5.95. The van der Waals surface area contributed by atoms with Gasteiger partial charge in [-0.3, -0.25) is 4.90 Å². The molecule has 0 spiro atoms. The van der Waals surface area contributed by atoms with Crippen LogP contribution in [0.1, 0.15) is 52.4 Å². The maximum atomic E-state index is 3.87. The smallest absolute Gasteiger partial charge is 0.0308 e. The van der Waals surface area contributed by atoms with E-state index in [0.29, 0.717) is 5.54 Å². The van der Waals surface area contributed by atoms with E-state index < -0.39 is 0 Å². The molecule has 19 heavy (non-hydrogen) atoms. The zero-order valence-electron chi connectivity index (χ0n) is 12.7. The minimum absolute atomic E-state index is 0.403. The van der Waals surface area contributed by atoms with Gasteiger partial charge in [0.2, 0.25) is 0 Å². The minimum atomic E-state index is 0.403. The molecule has 0 amide bonds. The van der Waals surface area contributed by atoms with Crippen molar-refractivity contribution in [2.24, 2.45) is 5.92 Å². The van der Waals surface area contributed by atoms with Crippen LogP contribution in [0.15, 0.2) is 0 Å². The summed E-state index contributed by atoms with van der Waals surface area (Å²) in [4.78, 5) is 2.86. The summed E-state index contributed by atoms with van der Waals surface area (Å²) >= 11 is 2.21. The first kappa shape index (κ1) is 14.2. The second-order valence-electron chi connectivity index (χ2n) is 6.93. The first-order chi connectivity index (χ1) is 9.23. The van der Waals surface area contributed by atoms with Gasteiger partial charge in [0.25, 0.3) is 0 Å². The predicted molar refractivity (Wildman–Crippen MR) is 84.9 cm³/mol. The molecule has 3 atom stereocenters. The van der Waals surface area contributed by atoms with Gasteiger partial charge in [-0.25, -0.2) is 0 Å². The van der Waals surface area contributed by atoms with Gasteiger partial charge in [-0.2, -0.15) is 11.8 Å². The lowest BCUT2D eigenvalue weighted by atomic mass is 9.94. The van der Waals surface area contributed by atoms with Gasteiger partial charge in [0.15, 0.2) is 0 Å². The highest BCUT2D eigenvalue weighted by Gasteiger charge is 2.45. The Balaban J connectivity index is 1.68. The molecule has 3 rings (SSSR count). The molecule has 110 valence electrons. The summed E-state index contributed by atoms with van der Waals surface area (Å²) in [5.41, 5.74) is 0.403. The van der Waals surface area contributed by atoms with Gasteiger partial charge in [-0.15, -0.1) is 0 Å². The lowest BCUT2D eigenvalue weighted by Crippen LogP contribution is -2.53. The van der Waals surface area contributed by atoms with E-state index in [1.54, 1.807) is 0 Å². The van der Waals surface area contributed by atoms with Crippen LogP contribution in [-0.4, -0.2) is 47.1 Å². The molecule has 0 aromatic rings. The average molecular weight is 282 g/mol. The summed E-state index contributed by atoms with van der Waals surface area (Å²) in [5, 5.41) is 4.78. The standard InChI is InChI=1S/C16H30N2S/c1-3-19-15-7-4-6-14(15)18-11-5-10-17-16(2,12-18)13-8-9-13/h13-15,17H,3-12H2,1-2H3. The molecule has 1 aliphatic heterocycles. The Morgan fingerprint density at radius 1 is 1.21 bits per heavy atom. The Bertz CT molecular complexity index is 305. The highest BCUT2D eigenvalue weighted by Crippen LogP contribution is 2.42. The monoisotopic (exact) mass is 282 g/mol. The fourth-order valence-electron chi connectivity index (χ4n) is 4.22. The van der Waals surface area contributed by atoms with Crippen LogP contribution in [0.25, 0.3) is 0 Å². The van der Waals surface area contributed by atoms with Crippen LogP contribution >= 0.6 is 11.8 Å². The molecule has 0 radical (unpaired) electrons. The van der Waals surface area contributed by atoms with Crippen molar-refractivity contribution in [1.82, 2.24) is 10.2 Å². The Kier molecular flexibility index (Phi) is 4.45. The number of rotatable bonds is 4. The SMILES string of the molecule is CCSC1CCCC1N1CCCNC(C)(C2CC2)C1. The van der Waals surface area contributed by atoms with Crippen molar-refractivity contribution >= 4 is 11.8 Å². The highest BCUT2D eigenvalue weighted by molar-refractivity contribution is 7.99. The van der Waals surface area contributed by atoms with E-state index in [4.69, 9.17) is 0 Å². The van der Waals surface area contributed by atoms with Crippen LogP contribution in [0.2, 0.25) is 0 Å². The molecular weight excluding hydrogens is 252 g/mol. The van der Waals surface area contributed by atoms with Crippen LogP contribution in [0.3, 0.4) is 0 Å². The van der Waals surface area contributed by atoms with Crippen LogP contribution in [0.4, 0.5) is 0 Å². The average Bonchev–Trinajstić information content (AvgIpc) is 3.17. The molecule has 3 fully saturated rings. The van der Waals surface area contributed by atoms with Crippen molar-refractivity contribution in [3.63, 3.8) is 0 Å². The van der Waals surface area contributed by atoms with Crippen molar-refractivity contribution in [2.45, 2.75) is 69.2 Å². The third-order valence-electron chi connectivity index (χ3n) is 5.43. The molecule has 1 N–H and O–H groups in total. The summed E-state index contributed by atoms with van der Waals surface area (Å²) in [6, 6.07) is 0.864. The zero-order valence-corrected chi connectivity index (χ0v) is 13.5. The molecule has 1 heterocycles. The van der Waals surface area contributed by atoms with Gasteiger partial charge in [0, 0.05) is 23.4 Å². The van der Waals surface area contributed by atoms with Gasteiger partial charge >= 0.3 is 0 Å². The van der Waals surface area contributed by atoms with Crippen molar-refractivity contribution in [3.8, 4) is 0 Å². The maximum absolute atomic E-state index is 3.87. The number of nitrogens with one attached hydrogen (secondary N) is 1. The second-order valence-corrected chi connectivity index (χ2v) is 8.45. The fraction of sp³-hybridized carbons (Fsp3) is 1.00. The molecular formula is C16H30N2S. The van der Waals surface area contributed by atoms with Crippen LogP contribution in [-0.2, 0) is 0 Å². The number of hydrogen-bond donors (Lipinski definition) is 1. The molecule has 2 aliphatic carbocycles. The molecule has 3 unspecified atom stereocenters. The van der Waals surface area contributed by atoms with Gasteiger partial charge < -0.3 is 5.32 Å². The largest absolute Gasteiger partial charge is 0.310 e. The molecule has 2 saturated carbocycles. The van der Waals surface area contributed by atoms with Crippen molar-refractivity contribution < 1.29 is 0 Å². The molecule has 0 aromatic carbocycles. The summed E-state index contributed by atoms with van der Waals surface area (Å²) in [6.45, 7) is 8.64. The minimum Gasteiger partial charge on any atom is -0.310 e. The van der Waals surface area contributed by atoms with E-state index in [-0.39, 0.29) is 0 Å². The predicted octanol–water partition coefficient (Wildman–Crippen LogP) is 3.12. The van der Waals surface area contributed by atoms with E-state index in [1.807, 2.05) is 0 Å². The Labute approximate surface area is 123 Å². The molecule has 1 saturated heterocycles. The topological polar surface area (TPSA) is 15.3 Å². The van der Waals surface area contributed by atoms with Gasteiger partial charge in [-0.05, 0) is 63.8 Å². The molecule has 3 aliphatic rings. The van der Waals surface area contributed by atoms with Gasteiger partial charge in [0.05, 0.1) is 0 Å². The van der Waals surface area contributed by atoms with E-state index in [9.17, 15) is 0 Å². The normalized spacial score (nSPS) is 41.4. The van der Waals surface area contributed by atoms with Crippen molar-refractivity contribution in [1.29, 1.82) is 0 Å². The van der Waals surface area contributed by atoms with Crippen LogP contribution in [0, 0.1) is 5.92 Å². The summed E-state index contributed by atoms with van der Waals surface area (Å²) in [6.07, 6.45) is 8.59. The summed E-state index contributed by atoms with van der Waals surface area (Å²) in [5.74, 6) is 2.24. The quantitative estimate of drug-likeness (QED) is 0.853. The van der Waals surface area contributed by atoms with Crippen molar-refractivity contribution in [2.75, 3.05) is 25.4 Å². The lowest BCUT2D eigenvalue weighted by molar-refractivity contribution is 0.155. The first-order valence-corrected chi connectivity index (χ1v) is 9.38. The third-order valence-corrected chi connectivity index (χ3v) is 6.74. The summed E-state index contributed by atoms with van der Waals surface area (Å²) < 4.78 is 0. The number of hydrogen-bond acceptors (Lipinski definition) is 3. The summed E-state index contributed by atoms with van der Waals surface area (Å²) in [7, 11) is 0. The molecule has 3 heteroatoms. The highest BCUT2D eigenvalue weighted by atomic mass is 32.2. The Hall–Kier alpha value is 0.270. The molecule has 0 aromatic heterocycles. The van der Waals surface area contributed by atoms with Crippen LogP contribution in [0.5, 0.6) is 0 Å². The van der Waals surface area contributed by atoms with E-state index in [2.05, 4.69) is 35.8 Å². The molecule has 2 nitrogen and oxygen atoms in total. The van der Waals surface area contributed by atoms with E-state index >= 15 is 0 Å². The number of thioether (sulfide) groups is 1. The van der Waals surface area contributed by atoms with Gasteiger partial charge in [0.1, 0.15) is 0 Å². The van der Waals surface area contributed by atoms with E-state index in [1.165, 1.54) is 63.9 Å². The number of nitrogens with zero attached hydrogens (tertiary/aromatic N) is 1. The first-order valence-electron chi connectivity index (χ1n) is 8.33. The maximum Gasteiger partial charge on any atom is 0.0308 e. The van der Waals surface area contributed by atoms with Gasteiger partial charge in [-0.1, -0.05) is 13.3 Å². The Morgan fingerprint density at radius 2 is 2.05 bits per heavy atom. The van der Waals surface area contributed by atoms with Crippen molar-refractivity contribution in [3.05, 3.63) is 0 Å². The third kappa shape index (κ3) is 3.14. The molecule has 0 bridgehead atoms. The van der Waals surface area contributed by atoms with Crippen LogP contribution < -0.4 is 5.32 Å². The van der Waals surface area contributed by atoms with E-state index in [0.717, 1.165) is 17.2 Å². The fourth-order valence-corrected chi connectivity index (χ4v) is 5.51. The Morgan fingerprint density at radius 3 is 2.79 bits per heavy atom.